The first kappa shape index (κ1) is 13.9. The Kier molecular flexibility index (Phi) is 4.47. The van der Waals surface area contributed by atoms with Crippen molar-refractivity contribution in [1.29, 1.82) is 0 Å². The SMILES string of the molecule is CNC1CCCCC1Cc1cc(F)ccc1[N+](=O)[O-]. The topological polar surface area (TPSA) is 55.2 Å². The maximum absolute atomic E-state index is 13.3. The number of nitro groups is 1. The fourth-order valence-electron chi connectivity index (χ4n) is 3.01. The van der Waals surface area contributed by atoms with Gasteiger partial charge in [0.2, 0.25) is 0 Å². The van der Waals surface area contributed by atoms with Crippen molar-refractivity contribution < 1.29 is 9.31 Å². The fraction of sp³-hybridized carbons (Fsp3) is 0.571. The van der Waals surface area contributed by atoms with Crippen LogP contribution < -0.4 is 5.32 Å². The van der Waals surface area contributed by atoms with Crippen molar-refractivity contribution in [3.05, 3.63) is 39.7 Å². The van der Waals surface area contributed by atoms with Crippen LogP contribution in [0.15, 0.2) is 18.2 Å². The van der Waals surface area contributed by atoms with E-state index >= 15 is 0 Å². The van der Waals surface area contributed by atoms with Crippen LogP contribution in [-0.4, -0.2) is 18.0 Å². The Morgan fingerprint density at radius 2 is 2.16 bits per heavy atom. The van der Waals surface area contributed by atoms with Crippen LogP contribution in [-0.2, 0) is 6.42 Å². The molecule has 0 amide bonds. The molecule has 5 heteroatoms. The Balaban J connectivity index is 2.21. The van der Waals surface area contributed by atoms with Gasteiger partial charge in [0.05, 0.1) is 4.92 Å². The third-order valence-corrected chi connectivity index (χ3v) is 4.00. The Labute approximate surface area is 112 Å². The van der Waals surface area contributed by atoms with Gasteiger partial charge >= 0.3 is 0 Å². The quantitative estimate of drug-likeness (QED) is 0.673. The molecule has 0 bridgehead atoms. The van der Waals surface area contributed by atoms with Gasteiger partial charge in [-0.3, -0.25) is 10.1 Å². The van der Waals surface area contributed by atoms with Crippen LogP contribution in [0.2, 0.25) is 0 Å². The molecule has 19 heavy (non-hydrogen) atoms. The lowest BCUT2D eigenvalue weighted by molar-refractivity contribution is -0.385. The molecule has 1 aliphatic carbocycles. The smallest absolute Gasteiger partial charge is 0.272 e. The average Bonchev–Trinajstić information content (AvgIpc) is 2.39. The largest absolute Gasteiger partial charge is 0.317 e. The van der Waals surface area contributed by atoms with Gasteiger partial charge in [0.15, 0.2) is 0 Å². The van der Waals surface area contributed by atoms with Crippen LogP contribution >= 0.6 is 0 Å². The lowest BCUT2D eigenvalue weighted by Crippen LogP contribution is -2.37. The van der Waals surface area contributed by atoms with Crippen LogP contribution in [0.5, 0.6) is 0 Å². The maximum atomic E-state index is 13.3. The average molecular weight is 266 g/mol. The number of nitro benzene ring substituents is 1. The molecule has 1 aromatic carbocycles. The molecule has 2 unspecified atom stereocenters. The standard InChI is InChI=1S/C14H19FN2O2/c1-16-13-5-3-2-4-10(13)8-11-9-12(15)6-7-14(11)17(18)19/h6-7,9-10,13,16H,2-5,8H2,1H3. The molecule has 0 heterocycles. The van der Waals surface area contributed by atoms with Gasteiger partial charge in [0.25, 0.3) is 5.69 Å². The zero-order valence-corrected chi connectivity index (χ0v) is 11.1. The van der Waals surface area contributed by atoms with E-state index in [4.69, 9.17) is 0 Å². The number of benzene rings is 1. The molecule has 2 atom stereocenters. The van der Waals surface area contributed by atoms with Crippen LogP contribution in [0, 0.1) is 21.8 Å². The molecule has 2 rings (SSSR count). The predicted octanol–water partition coefficient (Wildman–Crippen LogP) is 3.05. The number of nitrogens with zero attached hydrogens (tertiary/aromatic N) is 1. The summed E-state index contributed by atoms with van der Waals surface area (Å²) in [6, 6.07) is 4.09. The monoisotopic (exact) mass is 266 g/mol. The number of nitrogens with one attached hydrogen (secondary N) is 1. The summed E-state index contributed by atoms with van der Waals surface area (Å²) in [5.41, 5.74) is 0.541. The first-order chi connectivity index (χ1) is 9.11. The van der Waals surface area contributed by atoms with E-state index in [2.05, 4.69) is 5.32 Å². The Morgan fingerprint density at radius 3 is 2.84 bits per heavy atom. The van der Waals surface area contributed by atoms with Crippen molar-refractivity contribution in [3.8, 4) is 0 Å². The lowest BCUT2D eigenvalue weighted by Gasteiger charge is -2.31. The number of hydrogen-bond acceptors (Lipinski definition) is 3. The summed E-state index contributed by atoms with van der Waals surface area (Å²) in [6.07, 6.45) is 5.03. The van der Waals surface area contributed by atoms with Crippen LogP contribution in [0.3, 0.4) is 0 Å². The molecule has 1 N–H and O–H groups in total. The number of hydrogen-bond donors (Lipinski definition) is 1. The van der Waals surface area contributed by atoms with E-state index in [-0.39, 0.29) is 5.69 Å². The van der Waals surface area contributed by atoms with E-state index < -0.39 is 10.7 Å². The van der Waals surface area contributed by atoms with Crippen molar-refractivity contribution in [2.24, 2.45) is 5.92 Å². The highest BCUT2D eigenvalue weighted by atomic mass is 19.1. The van der Waals surface area contributed by atoms with Gasteiger partial charge in [-0.05, 0) is 44.4 Å². The van der Waals surface area contributed by atoms with E-state index in [1.165, 1.54) is 18.6 Å². The second-order valence-corrected chi connectivity index (χ2v) is 5.17. The first-order valence-corrected chi connectivity index (χ1v) is 6.72. The molecule has 1 aromatic rings. The van der Waals surface area contributed by atoms with Crippen molar-refractivity contribution in [2.75, 3.05) is 7.05 Å². The second kappa shape index (κ2) is 6.10. The number of rotatable bonds is 4. The van der Waals surface area contributed by atoms with Gasteiger partial charge in [0.1, 0.15) is 5.82 Å². The third kappa shape index (κ3) is 3.29. The summed E-state index contributed by atoms with van der Waals surface area (Å²) >= 11 is 0. The summed E-state index contributed by atoms with van der Waals surface area (Å²) in [7, 11) is 1.92. The molecule has 1 saturated carbocycles. The molecule has 0 spiro atoms. The molecule has 0 radical (unpaired) electrons. The zero-order valence-electron chi connectivity index (χ0n) is 11.1. The van der Waals surface area contributed by atoms with Gasteiger partial charge < -0.3 is 5.32 Å². The van der Waals surface area contributed by atoms with Gasteiger partial charge in [-0.15, -0.1) is 0 Å². The third-order valence-electron chi connectivity index (χ3n) is 4.00. The Morgan fingerprint density at radius 1 is 1.42 bits per heavy atom. The van der Waals surface area contributed by atoms with E-state index in [0.29, 0.717) is 23.9 Å². The van der Waals surface area contributed by atoms with Crippen molar-refractivity contribution in [2.45, 2.75) is 38.1 Å². The van der Waals surface area contributed by atoms with Crippen LogP contribution in [0.1, 0.15) is 31.2 Å². The van der Waals surface area contributed by atoms with Gasteiger partial charge in [-0.1, -0.05) is 12.8 Å². The second-order valence-electron chi connectivity index (χ2n) is 5.17. The summed E-state index contributed by atoms with van der Waals surface area (Å²) in [4.78, 5) is 10.6. The minimum atomic E-state index is -0.425. The summed E-state index contributed by atoms with van der Waals surface area (Å²) in [6.45, 7) is 0. The van der Waals surface area contributed by atoms with Gasteiger partial charge in [-0.25, -0.2) is 4.39 Å². The Bertz CT molecular complexity index is 465. The molecule has 104 valence electrons. The first-order valence-electron chi connectivity index (χ1n) is 6.72. The van der Waals surface area contributed by atoms with Gasteiger partial charge in [0, 0.05) is 17.7 Å². The molecular weight excluding hydrogens is 247 g/mol. The zero-order chi connectivity index (χ0) is 13.8. The molecule has 1 fully saturated rings. The highest BCUT2D eigenvalue weighted by molar-refractivity contribution is 5.40. The summed E-state index contributed by atoms with van der Waals surface area (Å²) < 4.78 is 13.3. The van der Waals surface area contributed by atoms with E-state index in [0.717, 1.165) is 25.3 Å². The highest BCUT2D eigenvalue weighted by Crippen LogP contribution is 2.30. The summed E-state index contributed by atoms with van der Waals surface area (Å²) in [5, 5.41) is 14.3. The van der Waals surface area contributed by atoms with E-state index in [9.17, 15) is 14.5 Å². The van der Waals surface area contributed by atoms with E-state index in [1.807, 2.05) is 7.05 Å². The molecule has 4 nitrogen and oxygen atoms in total. The lowest BCUT2D eigenvalue weighted by atomic mass is 9.80. The number of halogens is 1. The van der Waals surface area contributed by atoms with Crippen molar-refractivity contribution in [1.82, 2.24) is 5.32 Å². The fourth-order valence-corrected chi connectivity index (χ4v) is 3.01. The van der Waals surface area contributed by atoms with E-state index in [1.54, 1.807) is 0 Å². The molecule has 0 saturated heterocycles. The molecule has 1 aliphatic rings. The van der Waals surface area contributed by atoms with Crippen LogP contribution in [0.25, 0.3) is 0 Å². The van der Waals surface area contributed by atoms with Crippen LogP contribution in [0.4, 0.5) is 10.1 Å². The highest BCUT2D eigenvalue weighted by Gasteiger charge is 2.26. The van der Waals surface area contributed by atoms with Crippen molar-refractivity contribution >= 4 is 5.69 Å². The minimum Gasteiger partial charge on any atom is -0.317 e. The van der Waals surface area contributed by atoms with Gasteiger partial charge in [-0.2, -0.15) is 0 Å². The molecular formula is C14H19FN2O2. The molecule has 0 aliphatic heterocycles. The summed E-state index contributed by atoms with van der Waals surface area (Å²) in [5.74, 6) is -0.0586. The normalized spacial score (nSPS) is 23.3. The predicted molar refractivity (Wildman–Crippen MR) is 71.6 cm³/mol. The Hall–Kier alpha value is -1.49. The van der Waals surface area contributed by atoms with Crippen molar-refractivity contribution in [3.63, 3.8) is 0 Å². The maximum Gasteiger partial charge on any atom is 0.272 e. The molecule has 0 aromatic heterocycles. The minimum absolute atomic E-state index is 0.0295.